The minimum absolute atomic E-state index is 0.0288. The van der Waals surface area contributed by atoms with Crippen molar-refractivity contribution in [3.8, 4) is 5.75 Å². The second-order valence-electron chi connectivity index (χ2n) is 9.78. The first-order valence-electron chi connectivity index (χ1n) is 12.2. The molecule has 2 unspecified atom stereocenters. The van der Waals surface area contributed by atoms with Gasteiger partial charge >= 0.3 is 0 Å². The van der Waals surface area contributed by atoms with Gasteiger partial charge in [0.2, 0.25) is 0 Å². The van der Waals surface area contributed by atoms with Gasteiger partial charge in [0.15, 0.2) is 0 Å². The van der Waals surface area contributed by atoms with Crippen LogP contribution in [0.15, 0.2) is 79.3 Å². The summed E-state index contributed by atoms with van der Waals surface area (Å²) < 4.78 is 46.6. The normalized spacial score (nSPS) is 20.4. The molecule has 7 heteroatoms. The van der Waals surface area contributed by atoms with Crippen LogP contribution in [0.25, 0.3) is 0 Å². The maximum atomic E-state index is 15.0. The maximum Gasteiger partial charge on any atom is 0.255 e. The molecule has 36 heavy (non-hydrogen) atoms. The van der Waals surface area contributed by atoms with E-state index in [0.29, 0.717) is 30.9 Å². The number of hydrogen-bond donors (Lipinski definition) is 1. The molecule has 1 fully saturated rings. The van der Waals surface area contributed by atoms with Crippen molar-refractivity contribution in [1.29, 1.82) is 0 Å². The monoisotopic (exact) mass is 493 g/mol. The molecule has 0 saturated heterocycles. The van der Waals surface area contributed by atoms with E-state index in [0.717, 1.165) is 34.4 Å². The van der Waals surface area contributed by atoms with Crippen molar-refractivity contribution in [1.82, 2.24) is 15.2 Å². The lowest BCUT2D eigenvalue weighted by molar-refractivity contribution is 0.0855. The molecular formula is C29H30F3N3O. The summed E-state index contributed by atoms with van der Waals surface area (Å²) in [5, 5.41) is 3.36. The Bertz CT molecular complexity index is 1200. The molecule has 0 spiro atoms. The highest BCUT2D eigenvalue weighted by Crippen LogP contribution is 2.48. The van der Waals surface area contributed by atoms with Crippen LogP contribution in [0.1, 0.15) is 40.4 Å². The fraction of sp³-hybridized carbons (Fsp3) is 0.345. The molecule has 1 saturated carbocycles. The second kappa shape index (κ2) is 10.3. The van der Waals surface area contributed by atoms with Gasteiger partial charge in [-0.25, -0.2) is 13.2 Å². The standard InChI is InChI=1S/C29H30F3N3O/c1-20(11-23-3-2-10-33-14-23)34-15-21-4-6-22(7-5-21)16-35-17-24-8-9-26(12-27(24)28(30)18-35)36-19-25-13-29(25,31)32/h2-10,12,14,25,28,34H,1,11,13,15-19H2. The minimum Gasteiger partial charge on any atom is -0.493 e. The van der Waals surface area contributed by atoms with E-state index >= 15 is 4.39 Å². The van der Waals surface area contributed by atoms with Crippen LogP contribution in [0.4, 0.5) is 13.2 Å². The summed E-state index contributed by atoms with van der Waals surface area (Å²) >= 11 is 0. The van der Waals surface area contributed by atoms with Gasteiger partial charge in [-0.1, -0.05) is 43.0 Å². The van der Waals surface area contributed by atoms with Crippen LogP contribution in [-0.4, -0.2) is 29.0 Å². The number of nitrogens with zero attached hydrogens (tertiary/aromatic N) is 2. The van der Waals surface area contributed by atoms with Crippen molar-refractivity contribution in [2.75, 3.05) is 13.2 Å². The van der Waals surface area contributed by atoms with Gasteiger partial charge in [-0.3, -0.25) is 9.88 Å². The first kappa shape index (κ1) is 24.4. The van der Waals surface area contributed by atoms with Crippen LogP contribution in [0.2, 0.25) is 0 Å². The number of hydrogen-bond acceptors (Lipinski definition) is 4. The minimum atomic E-state index is -2.61. The third kappa shape index (κ3) is 6.08. The lowest BCUT2D eigenvalue weighted by atomic mass is 9.97. The van der Waals surface area contributed by atoms with Crippen LogP contribution < -0.4 is 10.1 Å². The predicted octanol–water partition coefficient (Wildman–Crippen LogP) is 5.99. The number of alkyl halides is 3. The average Bonchev–Trinajstić information content (AvgIpc) is 3.49. The zero-order valence-electron chi connectivity index (χ0n) is 20.1. The molecule has 0 amide bonds. The van der Waals surface area contributed by atoms with Crippen molar-refractivity contribution in [2.24, 2.45) is 5.92 Å². The van der Waals surface area contributed by atoms with Crippen LogP contribution in [0, 0.1) is 5.92 Å². The quantitative estimate of drug-likeness (QED) is 0.377. The number of allylic oxidation sites excluding steroid dienone is 1. The smallest absolute Gasteiger partial charge is 0.255 e. The molecule has 0 bridgehead atoms. The maximum absolute atomic E-state index is 15.0. The lowest BCUT2D eigenvalue weighted by Gasteiger charge is -2.31. The Morgan fingerprint density at radius 2 is 1.89 bits per heavy atom. The third-order valence-electron chi connectivity index (χ3n) is 6.79. The van der Waals surface area contributed by atoms with Crippen LogP contribution >= 0.6 is 0 Å². The van der Waals surface area contributed by atoms with E-state index in [9.17, 15) is 8.78 Å². The highest BCUT2D eigenvalue weighted by atomic mass is 19.3. The van der Waals surface area contributed by atoms with E-state index < -0.39 is 18.0 Å². The summed E-state index contributed by atoms with van der Waals surface area (Å²) in [4.78, 5) is 6.21. The van der Waals surface area contributed by atoms with Crippen molar-refractivity contribution in [2.45, 2.75) is 44.6 Å². The molecule has 0 radical (unpaired) electrons. The van der Waals surface area contributed by atoms with Gasteiger partial charge in [0.1, 0.15) is 11.9 Å². The Kier molecular flexibility index (Phi) is 7.01. The number of nitrogens with one attached hydrogen (secondary N) is 1. The molecule has 1 N–H and O–H groups in total. The first-order valence-corrected chi connectivity index (χ1v) is 12.2. The number of ether oxygens (including phenoxy) is 1. The molecule has 2 atom stereocenters. The van der Waals surface area contributed by atoms with Crippen molar-refractivity contribution in [3.05, 3.63) is 107 Å². The molecule has 1 aliphatic carbocycles. The van der Waals surface area contributed by atoms with E-state index in [1.54, 1.807) is 18.3 Å². The number of pyridine rings is 1. The number of halogens is 3. The number of benzene rings is 2. The molecule has 1 aromatic heterocycles. The van der Waals surface area contributed by atoms with Gasteiger partial charge in [0.25, 0.3) is 5.92 Å². The van der Waals surface area contributed by atoms with Gasteiger partial charge in [-0.15, -0.1) is 0 Å². The van der Waals surface area contributed by atoms with E-state index in [-0.39, 0.29) is 19.6 Å². The molecule has 188 valence electrons. The zero-order chi connectivity index (χ0) is 25.1. The Hall–Kier alpha value is -3.32. The molecule has 2 heterocycles. The van der Waals surface area contributed by atoms with Crippen LogP contribution in [-0.2, 0) is 26.1 Å². The lowest BCUT2D eigenvalue weighted by Crippen LogP contribution is -2.31. The highest BCUT2D eigenvalue weighted by molar-refractivity contribution is 5.39. The fourth-order valence-electron chi connectivity index (χ4n) is 4.56. The van der Waals surface area contributed by atoms with E-state index in [4.69, 9.17) is 4.74 Å². The molecule has 4 nitrogen and oxygen atoms in total. The molecule has 1 aliphatic heterocycles. The molecule has 2 aromatic carbocycles. The molecular weight excluding hydrogens is 463 g/mol. The number of rotatable bonds is 10. The Morgan fingerprint density at radius 3 is 2.61 bits per heavy atom. The third-order valence-corrected chi connectivity index (χ3v) is 6.79. The fourth-order valence-corrected chi connectivity index (χ4v) is 4.56. The van der Waals surface area contributed by atoms with E-state index in [1.165, 1.54) is 0 Å². The Balaban J connectivity index is 1.11. The second-order valence-corrected chi connectivity index (χ2v) is 9.78. The Morgan fingerprint density at radius 1 is 1.11 bits per heavy atom. The summed E-state index contributed by atoms with van der Waals surface area (Å²) in [7, 11) is 0. The van der Waals surface area contributed by atoms with Gasteiger partial charge < -0.3 is 10.1 Å². The summed E-state index contributed by atoms with van der Waals surface area (Å²) in [6, 6.07) is 17.5. The molecule has 3 aromatic rings. The van der Waals surface area contributed by atoms with Gasteiger partial charge in [0, 0.05) is 57.1 Å². The highest BCUT2D eigenvalue weighted by Gasteiger charge is 2.57. The number of aromatic nitrogens is 1. The van der Waals surface area contributed by atoms with Gasteiger partial charge in [0.05, 0.1) is 12.5 Å². The zero-order valence-corrected chi connectivity index (χ0v) is 20.1. The van der Waals surface area contributed by atoms with E-state index in [2.05, 4.69) is 46.0 Å². The average molecular weight is 494 g/mol. The molecule has 2 aliphatic rings. The molecule has 5 rings (SSSR count). The summed E-state index contributed by atoms with van der Waals surface area (Å²) in [6.07, 6.45) is 3.06. The summed E-state index contributed by atoms with van der Waals surface area (Å²) in [5.74, 6) is -2.88. The van der Waals surface area contributed by atoms with Crippen molar-refractivity contribution in [3.63, 3.8) is 0 Å². The predicted molar refractivity (Wildman–Crippen MR) is 133 cm³/mol. The Labute approximate surface area is 209 Å². The van der Waals surface area contributed by atoms with E-state index in [1.807, 2.05) is 24.4 Å². The number of fused-ring (bicyclic) bond motifs is 1. The SMILES string of the molecule is C=C(Cc1cccnc1)NCc1ccc(CN2Cc3ccc(OCC4CC4(F)F)cc3C(F)C2)cc1. The topological polar surface area (TPSA) is 37.4 Å². The van der Waals surface area contributed by atoms with Crippen LogP contribution in [0.3, 0.4) is 0 Å². The van der Waals surface area contributed by atoms with Crippen LogP contribution in [0.5, 0.6) is 5.75 Å². The first-order chi connectivity index (χ1) is 17.4. The van der Waals surface area contributed by atoms with Crippen molar-refractivity contribution < 1.29 is 17.9 Å². The van der Waals surface area contributed by atoms with Gasteiger partial charge in [-0.05, 0) is 46.0 Å². The summed E-state index contributed by atoms with van der Waals surface area (Å²) in [5.41, 5.74) is 5.83. The van der Waals surface area contributed by atoms with Crippen molar-refractivity contribution >= 4 is 0 Å². The largest absolute Gasteiger partial charge is 0.493 e. The summed E-state index contributed by atoms with van der Waals surface area (Å²) in [6.45, 7) is 6.32. The van der Waals surface area contributed by atoms with Gasteiger partial charge in [-0.2, -0.15) is 0 Å².